The van der Waals surface area contributed by atoms with Crippen LogP contribution in [0.4, 0.5) is 5.82 Å². The van der Waals surface area contributed by atoms with E-state index in [2.05, 4.69) is 10.3 Å². The average Bonchev–Trinajstić information content (AvgIpc) is 2.38. The predicted octanol–water partition coefficient (Wildman–Crippen LogP) is 3.35. The minimum Gasteiger partial charge on any atom is -0.307 e. The molecule has 1 aromatic heterocycles. The highest BCUT2D eigenvalue weighted by molar-refractivity contribution is 6.01. The second kappa shape index (κ2) is 5.96. The Bertz CT molecular complexity index is 600. The van der Waals surface area contributed by atoms with E-state index in [0.29, 0.717) is 5.82 Å². The molecule has 96 valence electrons. The van der Waals surface area contributed by atoms with E-state index in [4.69, 9.17) is 0 Å². The molecule has 0 saturated carbocycles. The monoisotopic (exact) mass is 252 g/mol. The zero-order valence-corrected chi connectivity index (χ0v) is 11.1. The number of carbonyl (C=O) groups is 1. The van der Waals surface area contributed by atoms with Crippen molar-refractivity contribution in [1.82, 2.24) is 4.98 Å². The summed E-state index contributed by atoms with van der Waals surface area (Å²) in [5.41, 5.74) is 3.26. The third-order valence-corrected chi connectivity index (χ3v) is 2.67. The zero-order chi connectivity index (χ0) is 13.7. The molecule has 0 radical (unpaired) electrons. The summed E-state index contributed by atoms with van der Waals surface area (Å²) in [5, 5.41) is 2.73. The lowest BCUT2D eigenvalue weighted by Gasteiger charge is -2.01. The molecule has 1 N–H and O–H groups in total. The second-order valence-corrected chi connectivity index (χ2v) is 4.45. The minimum absolute atomic E-state index is 0.182. The first kappa shape index (κ1) is 13.0. The standard InChI is InChI=1S/C16H16N2O/c1-12-3-5-14(6-4-12)7-8-16(19)18-15-11-13(2)9-10-17-15/h3-11H,1-2H3,(H,17,18,19). The Labute approximate surface area is 113 Å². The number of pyridine rings is 1. The van der Waals surface area contributed by atoms with Crippen molar-refractivity contribution < 1.29 is 4.79 Å². The molecule has 2 aromatic rings. The minimum atomic E-state index is -0.182. The van der Waals surface area contributed by atoms with Gasteiger partial charge in [-0.1, -0.05) is 29.8 Å². The highest BCUT2D eigenvalue weighted by Crippen LogP contribution is 2.07. The van der Waals surface area contributed by atoms with Gasteiger partial charge in [-0.3, -0.25) is 4.79 Å². The Morgan fingerprint density at radius 3 is 2.53 bits per heavy atom. The van der Waals surface area contributed by atoms with Crippen LogP contribution < -0.4 is 5.32 Å². The van der Waals surface area contributed by atoms with Gasteiger partial charge in [-0.2, -0.15) is 0 Å². The van der Waals surface area contributed by atoms with E-state index in [1.54, 1.807) is 12.3 Å². The van der Waals surface area contributed by atoms with Crippen LogP contribution in [-0.2, 0) is 4.79 Å². The van der Waals surface area contributed by atoms with Crippen LogP contribution in [0.25, 0.3) is 6.08 Å². The normalized spacial score (nSPS) is 10.6. The summed E-state index contributed by atoms with van der Waals surface area (Å²) in [6.45, 7) is 3.99. The number of hydrogen-bond donors (Lipinski definition) is 1. The van der Waals surface area contributed by atoms with E-state index in [0.717, 1.165) is 11.1 Å². The van der Waals surface area contributed by atoms with E-state index < -0.39 is 0 Å². The molecule has 0 aliphatic heterocycles. The fourth-order valence-corrected chi connectivity index (χ4v) is 1.62. The van der Waals surface area contributed by atoms with E-state index in [9.17, 15) is 4.79 Å². The summed E-state index contributed by atoms with van der Waals surface area (Å²) in [7, 11) is 0. The molecule has 19 heavy (non-hydrogen) atoms. The number of aryl methyl sites for hydroxylation is 2. The van der Waals surface area contributed by atoms with Crippen LogP contribution in [0.2, 0.25) is 0 Å². The van der Waals surface area contributed by atoms with Crippen molar-refractivity contribution in [3.8, 4) is 0 Å². The number of nitrogens with zero attached hydrogens (tertiary/aromatic N) is 1. The van der Waals surface area contributed by atoms with Gasteiger partial charge >= 0.3 is 0 Å². The fourth-order valence-electron chi connectivity index (χ4n) is 1.62. The van der Waals surface area contributed by atoms with Gasteiger partial charge in [0, 0.05) is 12.3 Å². The molecule has 2 rings (SSSR count). The summed E-state index contributed by atoms with van der Waals surface area (Å²) < 4.78 is 0. The summed E-state index contributed by atoms with van der Waals surface area (Å²) >= 11 is 0. The third kappa shape index (κ3) is 4.07. The van der Waals surface area contributed by atoms with Crippen LogP contribution in [0.1, 0.15) is 16.7 Å². The summed E-state index contributed by atoms with van der Waals surface area (Å²) in [4.78, 5) is 15.8. The Balaban J connectivity index is 1.99. The van der Waals surface area contributed by atoms with E-state index in [1.165, 1.54) is 11.6 Å². The molecule has 1 heterocycles. The van der Waals surface area contributed by atoms with Crippen molar-refractivity contribution in [3.63, 3.8) is 0 Å². The second-order valence-electron chi connectivity index (χ2n) is 4.45. The van der Waals surface area contributed by atoms with Crippen molar-refractivity contribution >= 4 is 17.8 Å². The van der Waals surface area contributed by atoms with Gasteiger partial charge < -0.3 is 5.32 Å². The highest BCUT2D eigenvalue weighted by atomic mass is 16.1. The number of amides is 1. The molecule has 0 aliphatic carbocycles. The first-order valence-electron chi connectivity index (χ1n) is 6.12. The molecule has 0 atom stereocenters. The van der Waals surface area contributed by atoms with Gasteiger partial charge in [0.1, 0.15) is 5.82 Å². The molecule has 1 aromatic carbocycles. The van der Waals surface area contributed by atoms with Gasteiger partial charge in [-0.05, 0) is 43.2 Å². The number of hydrogen-bond acceptors (Lipinski definition) is 2. The zero-order valence-electron chi connectivity index (χ0n) is 11.1. The summed E-state index contributed by atoms with van der Waals surface area (Å²) in [6.07, 6.45) is 4.97. The maximum Gasteiger partial charge on any atom is 0.249 e. The first-order chi connectivity index (χ1) is 9.13. The van der Waals surface area contributed by atoms with Crippen LogP contribution in [0.15, 0.2) is 48.7 Å². The molecule has 0 aliphatic rings. The smallest absolute Gasteiger partial charge is 0.249 e. The Morgan fingerprint density at radius 1 is 1.11 bits per heavy atom. The van der Waals surface area contributed by atoms with Crippen LogP contribution >= 0.6 is 0 Å². The van der Waals surface area contributed by atoms with E-state index in [1.807, 2.05) is 50.2 Å². The third-order valence-electron chi connectivity index (χ3n) is 2.67. The van der Waals surface area contributed by atoms with Gasteiger partial charge in [0.05, 0.1) is 0 Å². The summed E-state index contributed by atoms with van der Waals surface area (Å²) in [5.74, 6) is 0.386. The predicted molar refractivity (Wildman–Crippen MR) is 77.8 cm³/mol. The van der Waals surface area contributed by atoms with Gasteiger partial charge in [0.25, 0.3) is 0 Å². The quantitative estimate of drug-likeness (QED) is 0.851. The SMILES string of the molecule is Cc1ccc(C=CC(=O)Nc2cc(C)ccn2)cc1. The Morgan fingerprint density at radius 2 is 1.84 bits per heavy atom. The van der Waals surface area contributed by atoms with Crippen LogP contribution in [0.3, 0.4) is 0 Å². The van der Waals surface area contributed by atoms with Gasteiger partial charge in [-0.15, -0.1) is 0 Å². The molecule has 0 saturated heterocycles. The molecule has 0 spiro atoms. The lowest BCUT2D eigenvalue weighted by atomic mass is 10.1. The van der Waals surface area contributed by atoms with E-state index in [-0.39, 0.29) is 5.91 Å². The van der Waals surface area contributed by atoms with Crippen LogP contribution in [-0.4, -0.2) is 10.9 Å². The molecule has 0 fully saturated rings. The molecule has 1 amide bonds. The number of aromatic nitrogens is 1. The lowest BCUT2D eigenvalue weighted by molar-refractivity contribution is -0.111. The molecule has 3 nitrogen and oxygen atoms in total. The molecular weight excluding hydrogens is 236 g/mol. The highest BCUT2D eigenvalue weighted by Gasteiger charge is 1.98. The van der Waals surface area contributed by atoms with Crippen molar-refractivity contribution in [1.29, 1.82) is 0 Å². The largest absolute Gasteiger partial charge is 0.307 e. The average molecular weight is 252 g/mol. The van der Waals surface area contributed by atoms with Crippen molar-refractivity contribution in [2.24, 2.45) is 0 Å². The number of anilines is 1. The molecule has 3 heteroatoms. The van der Waals surface area contributed by atoms with Crippen LogP contribution in [0, 0.1) is 13.8 Å². The number of carbonyl (C=O) groups excluding carboxylic acids is 1. The van der Waals surface area contributed by atoms with Gasteiger partial charge in [0.2, 0.25) is 5.91 Å². The van der Waals surface area contributed by atoms with Gasteiger partial charge in [0.15, 0.2) is 0 Å². The topological polar surface area (TPSA) is 42.0 Å². The van der Waals surface area contributed by atoms with E-state index >= 15 is 0 Å². The Hall–Kier alpha value is -2.42. The number of benzene rings is 1. The first-order valence-corrected chi connectivity index (χ1v) is 6.12. The molecule has 0 unspecified atom stereocenters. The molecular formula is C16H16N2O. The maximum atomic E-state index is 11.7. The number of rotatable bonds is 3. The van der Waals surface area contributed by atoms with Crippen molar-refractivity contribution in [3.05, 3.63) is 65.4 Å². The Kier molecular flexibility index (Phi) is 4.08. The van der Waals surface area contributed by atoms with Crippen LogP contribution in [0.5, 0.6) is 0 Å². The lowest BCUT2D eigenvalue weighted by Crippen LogP contribution is -2.09. The fraction of sp³-hybridized carbons (Fsp3) is 0.125. The van der Waals surface area contributed by atoms with Gasteiger partial charge in [-0.25, -0.2) is 4.98 Å². The molecule has 0 bridgehead atoms. The maximum absolute atomic E-state index is 11.7. The van der Waals surface area contributed by atoms with Crippen molar-refractivity contribution in [2.75, 3.05) is 5.32 Å². The van der Waals surface area contributed by atoms with Crippen molar-refractivity contribution in [2.45, 2.75) is 13.8 Å². The number of nitrogens with one attached hydrogen (secondary N) is 1. The summed E-state index contributed by atoms with van der Waals surface area (Å²) in [6, 6.07) is 11.7.